The predicted octanol–water partition coefficient (Wildman–Crippen LogP) is 5.35. The molecule has 0 amide bonds. The van der Waals surface area contributed by atoms with E-state index in [0.717, 1.165) is 16.7 Å². The first-order valence-corrected chi connectivity index (χ1v) is 9.18. The molecule has 0 fully saturated rings. The molecule has 0 bridgehead atoms. The van der Waals surface area contributed by atoms with Crippen molar-refractivity contribution in [2.24, 2.45) is 0 Å². The molecule has 2 aromatic carbocycles. The van der Waals surface area contributed by atoms with Crippen LogP contribution >= 0.6 is 0 Å². The molecule has 1 N–H and O–H groups in total. The maximum atomic E-state index is 13.3. The second kappa shape index (κ2) is 8.03. The van der Waals surface area contributed by atoms with Gasteiger partial charge in [0.2, 0.25) is 0 Å². The van der Waals surface area contributed by atoms with Crippen LogP contribution in [0.3, 0.4) is 0 Å². The van der Waals surface area contributed by atoms with E-state index in [1.54, 1.807) is 6.07 Å². The van der Waals surface area contributed by atoms with Gasteiger partial charge in [-0.15, -0.1) is 0 Å². The van der Waals surface area contributed by atoms with Crippen LogP contribution in [0, 0.1) is 12.1 Å². The molecule has 2 aromatic rings. The van der Waals surface area contributed by atoms with Gasteiger partial charge < -0.3 is 15.0 Å². The van der Waals surface area contributed by atoms with E-state index in [4.69, 9.17) is 0 Å². The van der Waals surface area contributed by atoms with Gasteiger partial charge in [0.1, 0.15) is 5.75 Å². The van der Waals surface area contributed by atoms with Crippen molar-refractivity contribution in [3.8, 4) is 5.75 Å². The van der Waals surface area contributed by atoms with Crippen molar-refractivity contribution in [3.63, 3.8) is 0 Å². The number of quaternary nitrogens is 1. The number of phenolic OH excluding ortho intramolecular Hbond substituents is 1. The zero-order chi connectivity index (χ0) is 18.6. The van der Waals surface area contributed by atoms with Crippen LogP contribution in [0.25, 0.3) is 0 Å². The van der Waals surface area contributed by atoms with Crippen LogP contribution < -0.4 is 0 Å². The lowest BCUT2D eigenvalue weighted by Crippen LogP contribution is -2.53. The number of hydrogen-bond donors (Lipinski definition) is 1. The van der Waals surface area contributed by atoms with Gasteiger partial charge in [0, 0.05) is 17.9 Å². The van der Waals surface area contributed by atoms with Crippen LogP contribution in [-0.4, -0.2) is 28.4 Å². The van der Waals surface area contributed by atoms with Gasteiger partial charge in [0.25, 0.3) is 0 Å². The number of phenols is 1. The first-order chi connectivity index (χ1) is 11.8. The van der Waals surface area contributed by atoms with Crippen molar-refractivity contribution in [1.82, 2.24) is 0 Å². The Balaban J connectivity index is 2.38. The van der Waals surface area contributed by atoms with Crippen LogP contribution in [0.15, 0.2) is 48.5 Å². The average molecular weight is 341 g/mol. The quantitative estimate of drug-likeness (QED) is 0.544. The Bertz CT molecular complexity index is 672. The Labute approximate surface area is 152 Å². The molecule has 0 saturated carbocycles. The Morgan fingerprint density at radius 2 is 1.56 bits per heavy atom. The highest BCUT2D eigenvalue weighted by atomic mass is 16.5. The molecule has 0 heterocycles. The van der Waals surface area contributed by atoms with E-state index in [0.29, 0.717) is 18.7 Å². The minimum Gasteiger partial charge on any atom is -0.632 e. The predicted molar refractivity (Wildman–Crippen MR) is 105 cm³/mol. The van der Waals surface area contributed by atoms with E-state index in [1.807, 2.05) is 65.0 Å². The number of hydroxylamine groups is 3. The number of aromatic hydroxyl groups is 1. The van der Waals surface area contributed by atoms with E-state index in [-0.39, 0.29) is 22.6 Å². The Morgan fingerprint density at radius 1 is 0.960 bits per heavy atom. The summed E-state index contributed by atoms with van der Waals surface area (Å²) in [5.74, 6) is 0.322. The van der Waals surface area contributed by atoms with Crippen molar-refractivity contribution in [3.05, 3.63) is 70.4 Å². The smallest absolute Gasteiger partial charge is 0.119 e. The molecule has 0 saturated heterocycles. The normalized spacial score (nSPS) is 13.4. The summed E-state index contributed by atoms with van der Waals surface area (Å²) in [6, 6.07) is 15.9. The van der Waals surface area contributed by atoms with E-state index in [1.165, 1.54) is 0 Å². The zero-order valence-electron chi connectivity index (χ0n) is 16.1. The summed E-state index contributed by atoms with van der Waals surface area (Å²) in [6.07, 6.45) is 0.709. The summed E-state index contributed by atoms with van der Waals surface area (Å²) >= 11 is 0. The topological polar surface area (TPSA) is 43.3 Å². The highest BCUT2D eigenvalue weighted by molar-refractivity contribution is 5.43. The summed E-state index contributed by atoms with van der Waals surface area (Å²) in [7, 11) is 0. The van der Waals surface area contributed by atoms with Crippen molar-refractivity contribution in [2.45, 2.75) is 59.0 Å². The molecule has 3 heteroatoms. The molecule has 3 nitrogen and oxygen atoms in total. The minimum absolute atomic E-state index is 0.0162. The summed E-state index contributed by atoms with van der Waals surface area (Å²) < 4.78 is -0.212. The highest BCUT2D eigenvalue weighted by Crippen LogP contribution is 2.36. The Hall–Kier alpha value is -1.84. The van der Waals surface area contributed by atoms with Gasteiger partial charge in [-0.2, -0.15) is 0 Å². The Morgan fingerprint density at radius 3 is 2.12 bits per heavy atom. The van der Waals surface area contributed by atoms with E-state index in [9.17, 15) is 10.3 Å². The first-order valence-electron chi connectivity index (χ1n) is 9.18. The molecule has 25 heavy (non-hydrogen) atoms. The molecule has 2 rings (SSSR count). The van der Waals surface area contributed by atoms with Crippen molar-refractivity contribution in [2.75, 3.05) is 6.54 Å². The zero-order valence-corrected chi connectivity index (χ0v) is 16.1. The third-order valence-corrected chi connectivity index (χ3v) is 5.28. The standard InChI is InChI=1S/C22H31NO2/c1-16(2)23(25,17(3)4)14-13-20(19-9-7-6-8-10-19)21-15-18(5)11-12-22(21)24/h6-12,15-17,20,24H,13-14H2,1-5H3. The molecule has 0 aromatic heterocycles. The molecule has 0 aliphatic rings. The lowest BCUT2D eigenvalue weighted by atomic mass is 9.86. The van der Waals surface area contributed by atoms with Gasteiger partial charge in [-0.1, -0.05) is 48.0 Å². The third kappa shape index (κ3) is 4.42. The van der Waals surface area contributed by atoms with Crippen molar-refractivity contribution < 1.29 is 9.75 Å². The summed E-state index contributed by atoms with van der Waals surface area (Å²) in [4.78, 5) is 0. The molecule has 1 unspecified atom stereocenters. The maximum absolute atomic E-state index is 13.3. The van der Waals surface area contributed by atoms with Gasteiger partial charge in [0.05, 0.1) is 18.6 Å². The molecule has 1 atom stereocenters. The minimum atomic E-state index is -0.212. The fourth-order valence-corrected chi connectivity index (χ4v) is 3.58. The number of nitrogens with zero attached hydrogens (tertiary/aromatic N) is 1. The fourth-order valence-electron chi connectivity index (χ4n) is 3.58. The van der Waals surface area contributed by atoms with Gasteiger partial charge >= 0.3 is 0 Å². The van der Waals surface area contributed by atoms with Crippen molar-refractivity contribution >= 4 is 0 Å². The molecule has 0 spiro atoms. The lowest BCUT2D eigenvalue weighted by molar-refractivity contribution is -0.922. The van der Waals surface area contributed by atoms with E-state index >= 15 is 0 Å². The van der Waals surface area contributed by atoms with Crippen LogP contribution in [0.5, 0.6) is 5.75 Å². The second-order valence-electron chi connectivity index (χ2n) is 7.58. The summed E-state index contributed by atoms with van der Waals surface area (Å²) in [5.41, 5.74) is 3.16. The molecule has 0 radical (unpaired) electrons. The summed E-state index contributed by atoms with van der Waals surface area (Å²) in [5, 5.41) is 23.7. The van der Waals surface area contributed by atoms with E-state index < -0.39 is 0 Å². The fraction of sp³-hybridized carbons (Fsp3) is 0.455. The van der Waals surface area contributed by atoms with Crippen LogP contribution in [0.2, 0.25) is 0 Å². The van der Waals surface area contributed by atoms with Crippen LogP contribution in [0.4, 0.5) is 0 Å². The number of benzene rings is 2. The number of hydrogen-bond acceptors (Lipinski definition) is 2. The number of rotatable bonds is 7. The van der Waals surface area contributed by atoms with E-state index in [2.05, 4.69) is 12.1 Å². The Kier molecular flexibility index (Phi) is 6.26. The van der Waals surface area contributed by atoms with Gasteiger partial charge in [-0.25, -0.2) is 0 Å². The SMILES string of the molecule is Cc1ccc(O)c(C(CC[N+]([O-])(C(C)C)C(C)C)c2ccccc2)c1. The lowest BCUT2D eigenvalue weighted by Gasteiger charge is -2.50. The summed E-state index contributed by atoms with van der Waals surface area (Å²) in [6.45, 7) is 10.5. The second-order valence-corrected chi connectivity index (χ2v) is 7.58. The van der Waals surface area contributed by atoms with Crippen molar-refractivity contribution in [1.29, 1.82) is 0 Å². The third-order valence-electron chi connectivity index (χ3n) is 5.28. The van der Waals surface area contributed by atoms with Crippen LogP contribution in [0.1, 0.15) is 56.7 Å². The monoisotopic (exact) mass is 341 g/mol. The van der Waals surface area contributed by atoms with Gasteiger partial charge in [0.15, 0.2) is 0 Å². The highest BCUT2D eigenvalue weighted by Gasteiger charge is 2.28. The average Bonchev–Trinajstić information content (AvgIpc) is 2.58. The first kappa shape index (κ1) is 19.5. The molecular formula is C22H31NO2. The largest absolute Gasteiger partial charge is 0.632 e. The van der Waals surface area contributed by atoms with Gasteiger partial charge in [-0.3, -0.25) is 0 Å². The molecule has 0 aliphatic heterocycles. The molecule has 136 valence electrons. The number of aryl methyl sites for hydroxylation is 1. The van der Waals surface area contributed by atoms with Gasteiger partial charge in [-0.05, 0) is 46.2 Å². The molecule has 0 aliphatic carbocycles. The maximum Gasteiger partial charge on any atom is 0.119 e. The molecular weight excluding hydrogens is 310 g/mol. The van der Waals surface area contributed by atoms with Crippen LogP contribution in [-0.2, 0) is 0 Å².